The molecule has 90 valence electrons. The van der Waals surface area contributed by atoms with Gasteiger partial charge in [-0.2, -0.15) is 4.98 Å². The lowest BCUT2D eigenvalue weighted by atomic mass is 10.2. The summed E-state index contributed by atoms with van der Waals surface area (Å²) in [5.74, 6) is 0.404. The van der Waals surface area contributed by atoms with Gasteiger partial charge in [0.15, 0.2) is 5.16 Å². The minimum Gasteiger partial charge on any atom is -0.428 e. The van der Waals surface area contributed by atoms with Crippen LogP contribution in [0.3, 0.4) is 0 Å². The Kier molecular flexibility index (Phi) is 2.64. The predicted molar refractivity (Wildman–Crippen MR) is 69.6 cm³/mol. The fourth-order valence-corrected chi connectivity index (χ4v) is 1.99. The van der Waals surface area contributed by atoms with Crippen LogP contribution in [0.15, 0.2) is 44.7 Å². The number of nitrogens with one attached hydrogen (secondary N) is 1. The van der Waals surface area contributed by atoms with Crippen molar-refractivity contribution in [2.75, 3.05) is 6.26 Å². The summed E-state index contributed by atoms with van der Waals surface area (Å²) in [5.41, 5.74) is 1.01. The van der Waals surface area contributed by atoms with Gasteiger partial charge in [0.05, 0.1) is 0 Å². The summed E-state index contributed by atoms with van der Waals surface area (Å²) >= 11 is 1.35. The van der Waals surface area contributed by atoms with Crippen LogP contribution in [0.2, 0.25) is 0 Å². The van der Waals surface area contributed by atoms with Crippen LogP contribution in [-0.2, 0) is 0 Å². The fraction of sp³-hybridized carbons (Fsp3) is 0.0833. The van der Waals surface area contributed by atoms with Gasteiger partial charge in [-0.05, 0) is 18.4 Å². The zero-order valence-corrected chi connectivity index (χ0v) is 10.3. The molecule has 0 saturated heterocycles. The third-order valence-corrected chi connectivity index (χ3v) is 3.04. The number of oxazole rings is 1. The molecule has 6 heteroatoms. The summed E-state index contributed by atoms with van der Waals surface area (Å²) in [5, 5.41) is 0.528. The van der Waals surface area contributed by atoms with Crippen molar-refractivity contribution in [1.82, 2.24) is 15.0 Å². The molecule has 0 atom stereocenters. The van der Waals surface area contributed by atoms with Gasteiger partial charge in [-0.1, -0.05) is 30.0 Å². The van der Waals surface area contributed by atoms with Crippen molar-refractivity contribution in [2.45, 2.75) is 5.16 Å². The topological polar surface area (TPSA) is 71.8 Å². The molecule has 1 N–H and O–H groups in total. The van der Waals surface area contributed by atoms with Crippen molar-refractivity contribution < 1.29 is 4.42 Å². The summed E-state index contributed by atoms with van der Waals surface area (Å²) in [6.45, 7) is 0. The van der Waals surface area contributed by atoms with Gasteiger partial charge in [0.2, 0.25) is 17.1 Å². The second-order valence-corrected chi connectivity index (χ2v) is 4.41. The van der Waals surface area contributed by atoms with Crippen LogP contribution in [0.4, 0.5) is 0 Å². The smallest absolute Gasteiger partial charge is 0.297 e. The normalized spacial score (nSPS) is 10.9. The molecule has 1 aromatic carbocycles. The molecule has 0 unspecified atom stereocenters. The van der Waals surface area contributed by atoms with Gasteiger partial charge in [0.25, 0.3) is 5.56 Å². The summed E-state index contributed by atoms with van der Waals surface area (Å²) in [4.78, 5) is 22.8. The predicted octanol–water partition coefficient (Wildman–Crippen LogP) is 2.30. The Balaban J connectivity index is 2.23. The third-order valence-electron chi connectivity index (χ3n) is 2.46. The number of fused-ring (bicyclic) bond motifs is 1. The molecule has 0 spiro atoms. The number of nitrogens with zero attached hydrogens (tertiary/aromatic N) is 2. The van der Waals surface area contributed by atoms with Gasteiger partial charge < -0.3 is 4.42 Å². The molecular weight excluding hydrogens is 250 g/mol. The number of aromatic nitrogens is 3. The Morgan fingerprint density at radius 1 is 1.22 bits per heavy atom. The first-order valence-corrected chi connectivity index (χ1v) is 6.50. The molecule has 3 rings (SSSR count). The highest BCUT2D eigenvalue weighted by atomic mass is 32.2. The van der Waals surface area contributed by atoms with Crippen LogP contribution < -0.4 is 5.56 Å². The highest BCUT2D eigenvalue weighted by Gasteiger charge is 2.13. The fourth-order valence-electron chi connectivity index (χ4n) is 1.61. The maximum Gasteiger partial charge on any atom is 0.297 e. The average molecular weight is 259 g/mol. The Morgan fingerprint density at radius 3 is 2.72 bits per heavy atom. The van der Waals surface area contributed by atoms with Crippen LogP contribution in [-0.4, -0.2) is 21.2 Å². The monoisotopic (exact) mass is 259 g/mol. The lowest BCUT2D eigenvalue weighted by Crippen LogP contribution is -2.07. The van der Waals surface area contributed by atoms with Crippen LogP contribution in [0.5, 0.6) is 0 Å². The van der Waals surface area contributed by atoms with E-state index >= 15 is 0 Å². The SMILES string of the molecule is CSc1nc2nc(-c3ccccc3)oc2c(=O)[nH]1. The van der Waals surface area contributed by atoms with Gasteiger partial charge in [0.1, 0.15) is 0 Å². The minimum atomic E-state index is -0.306. The van der Waals surface area contributed by atoms with E-state index in [1.807, 2.05) is 36.6 Å². The van der Waals surface area contributed by atoms with E-state index in [9.17, 15) is 4.79 Å². The van der Waals surface area contributed by atoms with Gasteiger partial charge >= 0.3 is 0 Å². The first kappa shape index (κ1) is 11.0. The Hall–Kier alpha value is -2.08. The molecule has 18 heavy (non-hydrogen) atoms. The molecule has 2 heterocycles. The van der Waals surface area contributed by atoms with E-state index in [0.29, 0.717) is 16.7 Å². The van der Waals surface area contributed by atoms with Crippen LogP contribution in [0, 0.1) is 0 Å². The molecule has 0 amide bonds. The second-order valence-electron chi connectivity index (χ2n) is 3.61. The highest BCUT2D eigenvalue weighted by molar-refractivity contribution is 7.98. The summed E-state index contributed by atoms with van der Waals surface area (Å²) in [6, 6.07) is 9.41. The van der Waals surface area contributed by atoms with Crippen molar-refractivity contribution in [3.63, 3.8) is 0 Å². The van der Waals surface area contributed by atoms with E-state index in [-0.39, 0.29) is 11.1 Å². The molecule has 0 radical (unpaired) electrons. The van der Waals surface area contributed by atoms with E-state index in [0.717, 1.165) is 5.56 Å². The average Bonchev–Trinajstić information content (AvgIpc) is 2.84. The molecule has 0 aliphatic heterocycles. The summed E-state index contributed by atoms with van der Waals surface area (Å²) in [6.07, 6.45) is 1.84. The second kappa shape index (κ2) is 4.30. The molecule has 0 bridgehead atoms. The maximum absolute atomic E-state index is 11.8. The van der Waals surface area contributed by atoms with Crippen molar-refractivity contribution in [2.24, 2.45) is 0 Å². The number of rotatable bonds is 2. The highest BCUT2D eigenvalue weighted by Crippen LogP contribution is 2.21. The number of thioether (sulfide) groups is 1. The molecule has 0 fully saturated rings. The molecule has 0 saturated carbocycles. The molecule has 2 aromatic heterocycles. The summed E-state index contributed by atoms with van der Waals surface area (Å²) < 4.78 is 5.46. The van der Waals surface area contributed by atoms with Crippen molar-refractivity contribution >= 4 is 23.0 Å². The molecule has 3 aromatic rings. The Labute approximate surface area is 106 Å². The van der Waals surface area contributed by atoms with Gasteiger partial charge in [-0.3, -0.25) is 9.78 Å². The van der Waals surface area contributed by atoms with E-state index < -0.39 is 0 Å². The van der Waals surface area contributed by atoms with Gasteiger partial charge in [0, 0.05) is 5.56 Å². The molecular formula is C12H9N3O2S. The van der Waals surface area contributed by atoms with E-state index in [1.54, 1.807) is 0 Å². The quantitative estimate of drug-likeness (QED) is 0.564. The molecule has 0 aliphatic rings. The number of H-pyrrole nitrogens is 1. The van der Waals surface area contributed by atoms with Crippen LogP contribution >= 0.6 is 11.8 Å². The molecule has 0 aliphatic carbocycles. The largest absolute Gasteiger partial charge is 0.428 e. The minimum absolute atomic E-state index is 0.159. The first-order valence-electron chi connectivity index (χ1n) is 5.28. The van der Waals surface area contributed by atoms with E-state index in [4.69, 9.17) is 4.42 Å². The molecule has 5 nitrogen and oxygen atoms in total. The Morgan fingerprint density at radius 2 is 2.00 bits per heavy atom. The Bertz CT molecular complexity index is 749. The number of hydrogen-bond acceptors (Lipinski definition) is 5. The lowest BCUT2D eigenvalue weighted by Gasteiger charge is -1.91. The van der Waals surface area contributed by atoms with Crippen molar-refractivity contribution in [3.05, 3.63) is 40.7 Å². The first-order chi connectivity index (χ1) is 8.78. The number of aromatic amines is 1. The maximum atomic E-state index is 11.8. The zero-order valence-electron chi connectivity index (χ0n) is 9.51. The summed E-state index contributed by atoms with van der Waals surface area (Å²) in [7, 11) is 0. The number of benzene rings is 1. The standard InChI is InChI=1S/C12H9N3O2S/c1-18-12-14-9-8(10(16)15-12)17-11(13-9)7-5-3-2-4-6-7/h2-6H,1H3,(H,14,15,16). The number of hydrogen-bond donors (Lipinski definition) is 1. The third kappa shape index (κ3) is 1.80. The van der Waals surface area contributed by atoms with Crippen molar-refractivity contribution in [3.8, 4) is 11.5 Å². The van der Waals surface area contributed by atoms with Crippen LogP contribution in [0.1, 0.15) is 0 Å². The lowest BCUT2D eigenvalue weighted by molar-refractivity contribution is 0.613. The van der Waals surface area contributed by atoms with Gasteiger partial charge in [-0.15, -0.1) is 0 Å². The zero-order chi connectivity index (χ0) is 12.5. The van der Waals surface area contributed by atoms with Crippen molar-refractivity contribution in [1.29, 1.82) is 0 Å². The van der Waals surface area contributed by atoms with Crippen LogP contribution in [0.25, 0.3) is 22.7 Å². The van der Waals surface area contributed by atoms with E-state index in [2.05, 4.69) is 15.0 Å². The van der Waals surface area contributed by atoms with Gasteiger partial charge in [-0.25, -0.2) is 4.98 Å². The van der Waals surface area contributed by atoms with E-state index in [1.165, 1.54) is 11.8 Å².